The molecule has 0 aromatic heterocycles. The summed E-state index contributed by atoms with van der Waals surface area (Å²) in [5, 5.41) is 3.69. The standard InChI is InChI=1S/C11H11BrFN3O/c12-8-5-4-7(6-9(8)13)17-11-3-1-2-10(11)15-16-14/h4-6,10-11H,1-3H2/t10-,11+/m0/s1. The van der Waals surface area contributed by atoms with Crippen LogP contribution in [0.15, 0.2) is 27.8 Å². The van der Waals surface area contributed by atoms with Crippen LogP contribution in [0.3, 0.4) is 0 Å². The zero-order chi connectivity index (χ0) is 12.3. The van der Waals surface area contributed by atoms with Crippen LogP contribution in [-0.2, 0) is 0 Å². The van der Waals surface area contributed by atoms with E-state index in [9.17, 15) is 4.39 Å². The number of nitrogens with zero attached hydrogens (tertiary/aromatic N) is 3. The van der Waals surface area contributed by atoms with Gasteiger partial charge < -0.3 is 4.74 Å². The third kappa shape index (κ3) is 2.90. The van der Waals surface area contributed by atoms with E-state index in [1.807, 2.05) is 0 Å². The van der Waals surface area contributed by atoms with Crippen molar-refractivity contribution in [2.45, 2.75) is 31.4 Å². The van der Waals surface area contributed by atoms with Crippen LogP contribution in [0.5, 0.6) is 5.75 Å². The lowest BCUT2D eigenvalue weighted by Crippen LogP contribution is -2.24. The van der Waals surface area contributed by atoms with Crippen LogP contribution < -0.4 is 4.74 Å². The van der Waals surface area contributed by atoms with Crippen LogP contribution in [0, 0.1) is 5.82 Å². The number of ether oxygens (including phenoxy) is 1. The van der Waals surface area contributed by atoms with E-state index in [-0.39, 0.29) is 18.0 Å². The molecule has 1 fully saturated rings. The highest BCUT2D eigenvalue weighted by Crippen LogP contribution is 2.28. The second kappa shape index (κ2) is 5.38. The van der Waals surface area contributed by atoms with Gasteiger partial charge in [-0.25, -0.2) is 4.39 Å². The molecule has 4 nitrogen and oxygen atoms in total. The fourth-order valence-electron chi connectivity index (χ4n) is 1.97. The summed E-state index contributed by atoms with van der Waals surface area (Å²) >= 11 is 3.08. The number of azide groups is 1. The summed E-state index contributed by atoms with van der Waals surface area (Å²) in [6, 6.07) is 4.47. The largest absolute Gasteiger partial charge is 0.490 e. The van der Waals surface area contributed by atoms with Crippen LogP contribution >= 0.6 is 15.9 Å². The smallest absolute Gasteiger partial charge is 0.141 e. The molecule has 0 aliphatic heterocycles. The van der Waals surface area contributed by atoms with Gasteiger partial charge in [-0.3, -0.25) is 0 Å². The fourth-order valence-corrected chi connectivity index (χ4v) is 2.21. The van der Waals surface area contributed by atoms with Crippen molar-refractivity contribution in [2.24, 2.45) is 5.11 Å². The monoisotopic (exact) mass is 299 g/mol. The molecule has 1 aliphatic carbocycles. The summed E-state index contributed by atoms with van der Waals surface area (Å²) in [5.74, 6) is 0.108. The lowest BCUT2D eigenvalue weighted by Gasteiger charge is -2.17. The first kappa shape index (κ1) is 12.2. The van der Waals surface area contributed by atoms with Crippen molar-refractivity contribution < 1.29 is 9.13 Å². The van der Waals surface area contributed by atoms with Gasteiger partial charge in [0.25, 0.3) is 0 Å². The minimum absolute atomic E-state index is 0.147. The van der Waals surface area contributed by atoms with Crippen LogP contribution in [0.1, 0.15) is 19.3 Å². The molecule has 6 heteroatoms. The normalized spacial score (nSPS) is 23.2. The average Bonchev–Trinajstić information content (AvgIpc) is 2.72. The highest BCUT2D eigenvalue weighted by atomic mass is 79.9. The molecular formula is C11H11BrFN3O. The van der Waals surface area contributed by atoms with E-state index in [0.29, 0.717) is 10.2 Å². The summed E-state index contributed by atoms with van der Waals surface area (Å²) in [6.45, 7) is 0. The van der Waals surface area contributed by atoms with Gasteiger partial charge in [-0.15, -0.1) is 0 Å². The first-order chi connectivity index (χ1) is 8.20. The predicted octanol–water partition coefficient (Wildman–Crippen LogP) is 4.20. The topological polar surface area (TPSA) is 58.0 Å². The maximum Gasteiger partial charge on any atom is 0.141 e. The Morgan fingerprint density at radius 2 is 2.29 bits per heavy atom. The van der Waals surface area contributed by atoms with Gasteiger partial charge in [0.1, 0.15) is 17.7 Å². The van der Waals surface area contributed by atoms with E-state index in [1.54, 1.807) is 12.1 Å². The molecule has 0 spiro atoms. The fraction of sp³-hybridized carbons (Fsp3) is 0.455. The van der Waals surface area contributed by atoms with Crippen molar-refractivity contribution >= 4 is 15.9 Å². The summed E-state index contributed by atoms with van der Waals surface area (Å²) in [5.41, 5.74) is 8.43. The molecule has 0 amide bonds. The molecule has 0 radical (unpaired) electrons. The number of rotatable bonds is 3. The molecule has 0 N–H and O–H groups in total. The molecule has 2 atom stereocenters. The van der Waals surface area contributed by atoms with Crippen molar-refractivity contribution in [2.75, 3.05) is 0 Å². The van der Waals surface area contributed by atoms with Gasteiger partial charge in [0.2, 0.25) is 0 Å². The molecule has 90 valence electrons. The minimum Gasteiger partial charge on any atom is -0.490 e. The molecule has 1 aromatic carbocycles. The number of halogens is 2. The van der Waals surface area contributed by atoms with E-state index in [4.69, 9.17) is 10.3 Å². The Balaban J connectivity index is 2.09. The first-order valence-corrected chi connectivity index (χ1v) is 6.16. The summed E-state index contributed by atoms with van der Waals surface area (Å²) in [4.78, 5) is 2.80. The third-order valence-electron chi connectivity index (χ3n) is 2.80. The molecule has 2 rings (SSSR count). The molecule has 0 unspecified atom stereocenters. The van der Waals surface area contributed by atoms with Crippen LogP contribution in [0.4, 0.5) is 4.39 Å². The van der Waals surface area contributed by atoms with Gasteiger partial charge in [-0.1, -0.05) is 5.11 Å². The van der Waals surface area contributed by atoms with Gasteiger partial charge in [-0.2, -0.15) is 0 Å². The lowest BCUT2D eigenvalue weighted by atomic mass is 10.2. The summed E-state index contributed by atoms with van der Waals surface area (Å²) in [6.07, 6.45) is 2.48. The number of hydrogen-bond acceptors (Lipinski definition) is 2. The zero-order valence-electron chi connectivity index (χ0n) is 9.01. The van der Waals surface area contributed by atoms with Gasteiger partial charge in [0.15, 0.2) is 0 Å². The Morgan fingerprint density at radius 1 is 1.47 bits per heavy atom. The second-order valence-electron chi connectivity index (χ2n) is 3.94. The molecule has 0 heterocycles. The second-order valence-corrected chi connectivity index (χ2v) is 4.79. The summed E-state index contributed by atoms with van der Waals surface area (Å²) < 4.78 is 19.3. The highest BCUT2D eigenvalue weighted by molar-refractivity contribution is 9.10. The Hall–Kier alpha value is -1.26. The predicted molar refractivity (Wildman–Crippen MR) is 65.3 cm³/mol. The maximum absolute atomic E-state index is 13.3. The molecule has 1 aromatic rings. The molecule has 0 bridgehead atoms. The first-order valence-electron chi connectivity index (χ1n) is 5.36. The van der Waals surface area contributed by atoms with Crippen molar-refractivity contribution in [3.8, 4) is 5.75 Å². The zero-order valence-corrected chi connectivity index (χ0v) is 10.6. The third-order valence-corrected chi connectivity index (χ3v) is 3.44. The van der Waals surface area contributed by atoms with Crippen molar-refractivity contribution in [1.82, 2.24) is 0 Å². The van der Waals surface area contributed by atoms with Crippen LogP contribution in [0.25, 0.3) is 10.4 Å². The Bertz CT molecular complexity index is 462. The quantitative estimate of drug-likeness (QED) is 0.469. The van der Waals surface area contributed by atoms with Gasteiger partial charge >= 0.3 is 0 Å². The van der Waals surface area contributed by atoms with Crippen molar-refractivity contribution in [1.29, 1.82) is 0 Å². The van der Waals surface area contributed by atoms with Crippen LogP contribution in [0.2, 0.25) is 0 Å². The Labute approximate surface area is 107 Å². The highest BCUT2D eigenvalue weighted by Gasteiger charge is 2.28. The lowest BCUT2D eigenvalue weighted by molar-refractivity contribution is 0.191. The van der Waals surface area contributed by atoms with Crippen LogP contribution in [-0.4, -0.2) is 12.1 Å². The van der Waals surface area contributed by atoms with Gasteiger partial charge in [-0.05, 0) is 52.9 Å². The maximum atomic E-state index is 13.3. The van der Waals surface area contributed by atoms with E-state index >= 15 is 0 Å². The van der Waals surface area contributed by atoms with Gasteiger partial charge in [0, 0.05) is 11.0 Å². The van der Waals surface area contributed by atoms with Crippen molar-refractivity contribution in [3.05, 3.63) is 38.9 Å². The molecule has 17 heavy (non-hydrogen) atoms. The number of hydrogen-bond donors (Lipinski definition) is 0. The van der Waals surface area contributed by atoms with E-state index in [1.165, 1.54) is 6.07 Å². The number of benzene rings is 1. The molecular weight excluding hydrogens is 289 g/mol. The molecule has 0 saturated heterocycles. The van der Waals surface area contributed by atoms with E-state index in [0.717, 1.165) is 19.3 Å². The Kier molecular flexibility index (Phi) is 3.86. The van der Waals surface area contributed by atoms with E-state index < -0.39 is 0 Å². The SMILES string of the molecule is [N-]=[N+]=N[C@H]1CCC[C@H]1Oc1ccc(Br)c(F)c1. The van der Waals surface area contributed by atoms with E-state index in [2.05, 4.69) is 26.0 Å². The molecule has 1 saturated carbocycles. The minimum atomic E-state index is -0.360. The molecule has 1 aliphatic rings. The average molecular weight is 300 g/mol. The Morgan fingerprint density at radius 3 is 3.00 bits per heavy atom. The van der Waals surface area contributed by atoms with Gasteiger partial charge in [0.05, 0.1) is 10.5 Å². The van der Waals surface area contributed by atoms with Crippen molar-refractivity contribution in [3.63, 3.8) is 0 Å². The summed E-state index contributed by atoms with van der Waals surface area (Å²) in [7, 11) is 0.